The van der Waals surface area contributed by atoms with Crippen molar-refractivity contribution in [1.82, 2.24) is 19.3 Å². The molecule has 2 aliphatic carbocycles. The van der Waals surface area contributed by atoms with Crippen molar-refractivity contribution in [3.63, 3.8) is 0 Å². The molecule has 2 saturated carbocycles. The van der Waals surface area contributed by atoms with E-state index in [0.717, 1.165) is 36.0 Å². The third-order valence-electron chi connectivity index (χ3n) is 5.11. The molecule has 2 aromatic heterocycles. The first-order chi connectivity index (χ1) is 9.68. The molecule has 0 aliphatic heterocycles. The van der Waals surface area contributed by atoms with Crippen molar-refractivity contribution in [2.24, 2.45) is 11.3 Å². The zero-order chi connectivity index (χ0) is 13.9. The van der Waals surface area contributed by atoms with Crippen LogP contribution in [0.15, 0.2) is 0 Å². The Morgan fingerprint density at radius 1 is 1.35 bits per heavy atom. The molecule has 5 heteroatoms. The molecule has 4 rings (SSSR count). The Hall–Kier alpha value is -1.03. The van der Waals surface area contributed by atoms with Crippen LogP contribution in [0.1, 0.15) is 44.1 Å². The van der Waals surface area contributed by atoms with E-state index >= 15 is 0 Å². The van der Waals surface area contributed by atoms with Crippen LogP contribution >= 0.6 is 11.6 Å². The molecule has 2 aromatic rings. The van der Waals surface area contributed by atoms with Crippen molar-refractivity contribution in [3.8, 4) is 0 Å². The third kappa shape index (κ3) is 1.73. The van der Waals surface area contributed by atoms with E-state index in [-0.39, 0.29) is 0 Å². The summed E-state index contributed by atoms with van der Waals surface area (Å²) in [7, 11) is 0. The van der Waals surface area contributed by atoms with Gasteiger partial charge >= 0.3 is 0 Å². The van der Waals surface area contributed by atoms with Crippen molar-refractivity contribution in [3.05, 3.63) is 11.5 Å². The molecule has 108 valence electrons. The highest BCUT2D eigenvalue weighted by Gasteiger charge is 2.54. The number of fused-ring (bicyclic) bond motifs is 1. The van der Waals surface area contributed by atoms with Gasteiger partial charge in [-0.2, -0.15) is 5.10 Å². The van der Waals surface area contributed by atoms with Gasteiger partial charge in [-0.3, -0.25) is 0 Å². The Bertz CT molecular complexity index is 661. The van der Waals surface area contributed by atoms with E-state index in [9.17, 15) is 0 Å². The van der Waals surface area contributed by atoms with Crippen LogP contribution in [0.5, 0.6) is 0 Å². The Kier molecular flexibility index (Phi) is 2.69. The van der Waals surface area contributed by atoms with E-state index < -0.39 is 0 Å². The molecule has 0 unspecified atom stereocenters. The van der Waals surface area contributed by atoms with Gasteiger partial charge in [-0.1, -0.05) is 0 Å². The quantitative estimate of drug-likeness (QED) is 0.791. The van der Waals surface area contributed by atoms with E-state index in [1.807, 2.05) is 6.92 Å². The van der Waals surface area contributed by atoms with Gasteiger partial charge in [0, 0.05) is 13.1 Å². The molecule has 0 N–H and O–H groups in total. The first-order valence-corrected chi connectivity index (χ1v) is 8.20. The molecule has 0 spiro atoms. The normalized spacial score (nSPS) is 20.8. The van der Waals surface area contributed by atoms with Crippen LogP contribution in [0, 0.1) is 18.3 Å². The van der Waals surface area contributed by atoms with E-state index in [1.165, 1.54) is 31.3 Å². The maximum atomic E-state index is 6.14. The molecule has 0 amide bonds. The number of imidazole rings is 1. The highest BCUT2D eigenvalue weighted by atomic mass is 35.5. The minimum Gasteiger partial charge on any atom is -0.311 e. The summed E-state index contributed by atoms with van der Waals surface area (Å²) >= 11 is 6.14. The molecule has 0 atom stereocenters. The van der Waals surface area contributed by atoms with Gasteiger partial charge in [-0.15, -0.1) is 11.6 Å². The van der Waals surface area contributed by atoms with Gasteiger partial charge in [0.1, 0.15) is 11.3 Å². The summed E-state index contributed by atoms with van der Waals surface area (Å²) in [6.45, 7) is 6.14. The van der Waals surface area contributed by atoms with Crippen LogP contribution in [-0.2, 0) is 19.0 Å². The van der Waals surface area contributed by atoms with Gasteiger partial charge in [0.25, 0.3) is 0 Å². The van der Waals surface area contributed by atoms with Crippen LogP contribution in [0.3, 0.4) is 0 Å². The number of aryl methyl sites for hydroxylation is 2. The first-order valence-electron chi connectivity index (χ1n) is 7.67. The summed E-state index contributed by atoms with van der Waals surface area (Å²) in [6, 6.07) is 0. The number of rotatable bonds is 5. The highest BCUT2D eigenvalue weighted by molar-refractivity contribution is 6.16. The number of hydrogen-bond donors (Lipinski definition) is 0. The van der Waals surface area contributed by atoms with E-state index in [4.69, 9.17) is 16.6 Å². The smallest absolute Gasteiger partial charge is 0.158 e. The van der Waals surface area contributed by atoms with Crippen LogP contribution in [0.2, 0.25) is 0 Å². The zero-order valence-electron chi connectivity index (χ0n) is 12.2. The second-order valence-electron chi connectivity index (χ2n) is 6.46. The lowest BCUT2D eigenvalue weighted by atomic mass is 10.0. The summed E-state index contributed by atoms with van der Waals surface area (Å²) in [4.78, 5) is 4.74. The zero-order valence-corrected chi connectivity index (χ0v) is 12.9. The molecule has 0 radical (unpaired) electrons. The third-order valence-corrected chi connectivity index (χ3v) is 5.34. The Morgan fingerprint density at radius 3 is 2.65 bits per heavy atom. The molecule has 0 saturated heterocycles. The SMILES string of the molecule is CCn1nc(C)c2nc(CCl)n(CC3(C4CC4)CC3)c21. The molecule has 0 bridgehead atoms. The van der Waals surface area contributed by atoms with Crippen molar-refractivity contribution < 1.29 is 0 Å². The minimum atomic E-state index is 0.485. The van der Waals surface area contributed by atoms with Crippen molar-refractivity contribution in [2.45, 2.75) is 58.5 Å². The number of nitrogens with zero attached hydrogens (tertiary/aromatic N) is 4. The van der Waals surface area contributed by atoms with Crippen LogP contribution < -0.4 is 0 Å². The average Bonchev–Trinajstić information content (AvgIpc) is 3.33. The first kappa shape index (κ1) is 12.7. The second-order valence-corrected chi connectivity index (χ2v) is 6.73. The van der Waals surface area contributed by atoms with Gasteiger partial charge in [-0.25, -0.2) is 9.67 Å². The summed E-state index contributed by atoms with van der Waals surface area (Å²) in [5.74, 6) is 2.44. The molecular formula is C15H21ClN4. The largest absolute Gasteiger partial charge is 0.311 e. The van der Waals surface area contributed by atoms with Crippen LogP contribution in [0.25, 0.3) is 11.2 Å². The lowest BCUT2D eigenvalue weighted by molar-refractivity contribution is 0.367. The Morgan fingerprint density at radius 2 is 2.10 bits per heavy atom. The summed E-state index contributed by atoms with van der Waals surface area (Å²) in [6.07, 6.45) is 5.58. The van der Waals surface area contributed by atoms with Crippen LogP contribution in [-0.4, -0.2) is 19.3 Å². The number of alkyl halides is 1. The van der Waals surface area contributed by atoms with Crippen molar-refractivity contribution in [2.75, 3.05) is 0 Å². The van der Waals surface area contributed by atoms with Gasteiger partial charge in [0.2, 0.25) is 0 Å². The Balaban J connectivity index is 1.83. The fourth-order valence-electron chi connectivity index (χ4n) is 3.62. The summed E-state index contributed by atoms with van der Waals surface area (Å²) < 4.78 is 4.44. The van der Waals surface area contributed by atoms with Gasteiger partial charge in [0.15, 0.2) is 5.65 Å². The van der Waals surface area contributed by atoms with Gasteiger partial charge < -0.3 is 4.57 Å². The molecular weight excluding hydrogens is 272 g/mol. The monoisotopic (exact) mass is 292 g/mol. The molecule has 2 heterocycles. The lowest BCUT2D eigenvalue weighted by Gasteiger charge is -2.17. The fraction of sp³-hybridized carbons (Fsp3) is 0.733. The summed E-state index contributed by atoms with van der Waals surface area (Å²) in [5.41, 5.74) is 3.77. The topological polar surface area (TPSA) is 35.6 Å². The van der Waals surface area contributed by atoms with E-state index in [1.54, 1.807) is 0 Å². The van der Waals surface area contributed by atoms with Crippen LogP contribution in [0.4, 0.5) is 0 Å². The molecule has 4 nitrogen and oxygen atoms in total. The maximum Gasteiger partial charge on any atom is 0.158 e. The molecule has 2 fully saturated rings. The summed E-state index contributed by atoms with van der Waals surface area (Å²) in [5, 5.41) is 4.61. The fourth-order valence-corrected chi connectivity index (χ4v) is 3.83. The number of halogens is 1. The molecule has 20 heavy (non-hydrogen) atoms. The average molecular weight is 293 g/mol. The minimum absolute atomic E-state index is 0.485. The van der Waals surface area contributed by atoms with Crippen molar-refractivity contribution >= 4 is 22.8 Å². The van der Waals surface area contributed by atoms with E-state index in [0.29, 0.717) is 11.3 Å². The van der Waals surface area contributed by atoms with Gasteiger partial charge in [0.05, 0.1) is 11.6 Å². The predicted molar refractivity (Wildman–Crippen MR) is 79.9 cm³/mol. The predicted octanol–water partition coefficient (Wildman–Crippen LogP) is 3.49. The van der Waals surface area contributed by atoms with Gasteiger partial charge in [-0.05, 0) is 50.9 Å². The Labute approximate surface area is 124 Å². The molecule has 2 aliphatic rings. The molecule has 0 aromatic carbocycles. The number of aromatic nitrogens is 4. The maximum absolute atomic E-state index is 6.14. The standard InChI is InChI=1S/C15H21ClN4/c1-3-20-14-13(10(2)18-20)17-12(8-16)19(14)9-15(6-7-15)11-4-5-11/h11H,3-9H2,1-2H3. The number of hydrogen-bond acceptors (Lipinski definition) is 2. The van der Waals surface area contributed by atoms with E-state index in [2.05, 4.69) is 21.3 Å². The lowest BCUT2D eigenvalue weighted by Crippen LogP contribution is -2.17. The van der Waals surface area contributed by atoms with Crippen molar-refractivity contribution in [1.29, 1.82) is 0 Å². The second kappa shape index (κ2) is 4.23. The highest BCUT2D eigenvalue weighted by Crippen LogP contribution is 2.62.